The predicted octanol–water partition coefficient (Wildman–Crippen LogP) is 2.62. The molecule has 0 bridgehead atoms. The number of phenolic OH excluding ortho intramolecular Hbond substituents is 1. The summed E-state index contributed by atoms with van der Waals surface area (Å²) >= 11 is 14.1. The first kappa shape index (κ1) is 16.7. The second-order valence-electron chi connectivity index (χ2n) is 4.35. The van der Waals surface area contributed by atoms with Crippen LogP contribution in [0.15, 0.2) is 34.8 Å². The van der Waals surface area contributed by atoms with Gasteiger partial charge in [-0.3, -0.25) is 19.8 Å². The van der Waals surface area contributed by atoms with Crippen molar-refractivity contribution in [3.8, 4) is 5.75 Å². The smallest absolute Gasteiger partial charge is 0.265 e. The molecule has 1 fully saturated rings. The average molecular weight is 402 g/mol. The summed E-state index contributed by atoms with van der Waals surface area (Å²) in [6.45, 7) is 3.71. The number of rotatable bonds is 3. The van der Waals surface area contributed by atoms with Crippen molar-refractivity contribution in [3.63, 3.8) is 0 Å². The highest BCUT2D eigenvalue weighted by atomic mass is 79.9. The van der Waals surface area contributed by atoms with Crippen LogP contribution in [0.1, 0.15) is 5.56 Å². The fourth-order valence-corrected chi connectivity index (χ4v) is 2.92. The van der Waals surface area contributed by atoms with Crippen LogP contribution in [-0.4, -0.2) is 33.5 Å². The highest BCUT2D eigenvalue weighted by molar-refractivity contribution is 9.10. The molecule has 5 nitrogen and oxygen atoms in total. The van der Waals surface area contributed by atoms with Crippen LogP contribution in [0.5, 0.6) is 5.75 Å². The van der Waals surface area contributed by atoms with E-state index in [4.69, 9.17) is 23.8 Å². The maximum Gasteiger partial charge on any atom is 0.265 e. The Hall–Kier alpha value is -1.70. The first-order valence-corrected chi connectivity index (χ1v) is 7.61. The highest BCUT2D eigenvalue weighted by Crippen LogP contribution is 2.33. The lowest BCUT2D eigenvalue weighted by atomic mass is 10.1. The Morgan fingerprint density at radius 3 is 2.77 bits per heavy atom. The molecule has 1 saturated heterocycles. The molecule has 114 valence electrons. The van der Waals surface area contributed by atoms with Gasteiger partial charge in [0.2, 0.25) is 0 Å². The molecule has 1 aliphatic rings. The second kappa shape index (κ2) is 6.60. The third-order valence-electron chi connectivity index (χ3n) is 2.85. The zero-order valence-electron chi connectivity index (χ0n) is 11.1. The van der Waals surface area contributed by atoms with E-state index in [9.17, 15) is 14.7 Å². The summed E-state index contributed by atoms with van der Waals surface area (Å²) in [5, 5.41) is 12.5. The number of halogens is 2. The van der Waals surface area contributed by atoms with E-state index < -0.39 is 11.8 Å². The van der Waals surface area contributed by atoms with Gasteiger partial charge >= 0.3 is 0 Å². The number of hydrogen-bond donors (Lipinski definition) is 2. The van der Waals surface area contributed by atoms with Crippen LogP contribution in [0.3, 0.4) is 0 Å². The standard InChI is InChI=1S/C14H10BrClN2O3S/c1-2-3-18-13(21)9(12(20)17-14(18)22)5-7-4-8(15)6-10(16)11(7)19/h2,4-6,19H,1,3H2,(H,17,20,22)/b9-5-. The average Bonchev–Trinajstić information content (AvgIpc) is 2.44. The largest absolute Gasteiger partial charge is 0.506 e. The number of carbonyl (C=O) groups is 2. The number of benzene rings is 1. The van der Waals surface area contributed by atoms with Crippen LogP contribution in [0.25, 0.3) is 6.08 Å². The lowest BCUT2D eigenvalue weighted by Gasteiger charge is -2.27. The number of hydrogen-bond acceptors (Lipinski definition) is 4. The molecule has 2 amide bonds. The summed E-state index contributed by atoms with van der Waals surface area (Å²) in [6, 6.07) is 3.04. The van der Waals surface area contributed by atoms with Crippen molar-refractivity contribution in [2.24, 2.45) is 0 Å². The van der Waals surface area contributed by atoms with Gasteiger partial charge in [0.15, 0.2) is 5.11 Å². The van der Waals surface area contributed by atoms with Gasteiger partial charge in [-0.1, -0.05) is 33.6 Å². The minimum Gasteiger partial charge on any atom is -0.506 e. The van der Waals surface area contributed by atoms with Crippen molar-refractivity contribution in [2.45, 2.75) is 0 Å². The van der Waals surface area contributed by atoms with Crippen molar-refractivity contribution < 1.29 is 14.7 Å². The molecule has 0 atom stereocenters. The van der Waals surface area contributed by atoms with Gasteiger partial charge in [0.1, 0.15) is 11.3 Å². The number of thiocarbonyl (C=S) groups is 1. The van der Waals surface area contributed by atoms with Gasteiger partial charge in [0.05, 0.1) is 5.02 Å². The molecule has 0 aliphatic carbocycles. The Labute approximate surface area is 145 Å². The molecule has 0 spiro atoms. The first-order valence-electron chi connectivity index (χ1n) is 6.03. The Balaban J connectivity index is 2.50. The molecule has 0 radical (unpaired) electrons. The van der Waals surface area contributed by atoms with Crippen molar-refractivity contribution in [2.75, 3.05) is 6.54 Å². The summed E-state index contributed by atoms with van der Waals surface area (Å²) in [6.07, 6.45) is 2.76. The van der Waals surface area contributed by atoms with Gasteiger partial charge in [-0.25, -0.2) is 0 Å². The summed E-state index contributed by atoms with van der Waals surface area (Å²) in [5.41, 5.74) is 0.0872. The molecule has 22 heavy (non-hydrogen) atoms. The number of carbonyl (C=O) groups excluding carboxylic acids is 2. The molecule has 0 saturated carbocycles. The van der Waals surface area contributed by atoms with E-state index in [0.717, 1.165) is 0 Å². The van der Waals surface area contributed by atoms with Gasteiger partial charge in [-0.15, -0.1) is 6.58 Å². The fraction of sp³-hybridized carbons (Fsp3) is 0.0714. The van der Waals surface area contributed by atoms with Crippen molar-refractivity contribution in [3.05, 3.63) is 45.4 Å². The SMILES string of the molecule is C=CCN1C(=O)/C(=C\c2cc(Br)cc(Cl)c2O)C(=O)NC1=S. The van der Waals surface area contributed by atoms with E-state index >= 15 is 0 Å². The quantitative estimate of drug-likeness (QED) is 0.353. The zero-order chi connectivity index (χ0) is 16.4. The first-order chi connectivity index (χ1) is 10.3. The number of nitrogens with one attached hydrogen (secondary N) is 1. The van der Waals surface area contributed by atoms with E-state index in [0.29, 0.717) is 4.47 Å². The van der Waals surface area contributed by atoms with Gasteiger partial charge in [0.25, 0.3) is 11.8 Å². The zero-order valence-corrected chi connectivity index (χ0v) is 14.3. The molecule has 8 heteroatoms. The topological polar surface area (TPSA) is 69.6 Å². The molecule has 1 aromatic carbocycles. The number of nitrogens with zero attached hydrogens (tertiary/aromatic N) is 1. The lowest BCUT2D eigenvalue weighted by molar-refractivity contribution is -0.128. The minimum atomic E-state index is -0.634. The maximum atomic E-state index is 12.4. The monoisotopic (exact) mass is 400 g/mol. The Morgan fingerprint density at radius 2 is 2.14 bits per heavy atom. The molecule has 1 aromatic rings. The van der Waals surface area contributed by atoms with E-state index in [1.54, 1.807) is 6.07 Å². The summed E-state index contributed by atoms with van der Waals surface area (Å²) in [4.78, 5) is 25.5. The lowest BCUT2D eigenvalue weighted by Crippen LogP contribution is -2.53. The fourth-order valence-electron chi connectivity index (χ4n) is 1.84. The molecule has 1 heterocycles. The van der Waals surface area contributed by atoms with Gasteiger partial charge in [0, 0.05) is 16.6 Å². The Kier molecular flexibility index (Phi) is 5.00. The van der Waals surface area contributed by atoms with E-state index in [2.05, 4.69) is 27.8 Å². The number of amides is 2. The Morgan fingerprint density at radius 1 is 1.45 bits per heavy atom. The van der Waals surface area contributed by atoms with Crippen LogP contribution in [0, 0.1) is 0 Å². The van der Waals surface area contributed by atoms with Crippen LogP contribution in [-0.2, 0) is 9.59 Å². The molecule has 0 aromatic heterocycles. The van der Waals surface area contributed by atoms with Crippen LogP contribution in [0.4, 0.5) is 0 Å². The van der Waals surface area contributed by atoms with Crippen molar-refractivity contribution in [1.29, 1.82) is 0 Å². The Bertz CT molecular complexity index is 733. The third-order valence-corrected chi connectivity index (χ3v) is 3.92. The van der Waals surface area contributed by atoms with E-state index in [1.807, 2.05) is 0 Å². The van der Waals surface area contributed by atoms with Crippen molar-refractivity contribution in [1.82, 2.24) is 10.2 Å². The van der Waals surface area contributed by atoms with Gasteiger partial charge < -0.3 is 5.11 Å². The van der Waals surface area contributed by atoms with Crippen LogP contribution >= 0.6 is 39.7 Å². The maximum absolute atomic E-state index is 12.4. The van der Waals surface area contributed by atoms with Crippen LogP contribution < -0.4 is 5.32 Å². The highest BCUT2D eigenvalue weighted by Gasteiger charge is 2.32. The minimum absolute atomic E-state index is 0.0172. The number of aromatic hydroxyl groups is 1. The number of phenols is 1. The second-order valence-corrected chi connectivity index (χ2v) is 6.06. The summed E-state index contributed by atoms with van der Waals surface area (Å²) < 4.78 is 0.601. The van der Waals surface area contributed by atoms with Gasteiger partial charge in [-0.2, -0.15) is 0 Å². The normalized spacial score (nSPS) is 16.9. The predicted molar refractivity (Wildman–Crippen MR) is 91.4 cm³/mol. The molecule has 2 rings (SSSR count). The molecule has 0 unspecified atom stereocenters. The summed E-state index contributed by atoms with van der Waals surface area (Å²) in [7, 11) is 0. The van der Waals surface area contributed by atoms with Crippen molar-refractivity contribution >= 4 is 62.8 Å². The third kappa shape index (κ3) is 3.21. The molecular formula is C14H10BrClN2O3S. The van der Waals surface area contributed by atoms with E-state index in [1.165, 1.54) is 23.1 Å². The van der Waals surface area contributed by atoms with Crippen LogP contribution in [0.2, 0.25) is 5.02 Å². The molecule has 2 N–H and O–H groups in total. The van der Waals surface area contributed by atoms with E-state index in [-0.39, 0.29) is 33.6 Å². The summed E-state index contributed by atoms with van der Waals surface area (Å²) in [5.74, 6) is -1.42. The molecule has 1 aliphatic heterocycles. The van der Waals surface area contributed by atoms with Gasteiger partial charge in [-0.05, 0) is 30.4 Å². The molecular weight excluding hydrogens is 392 g/mol.